The number of hydrogen-bond acceptors (Lipinski definition) is 4. The molecule has 2 fully saturated rings. The van der Waals surface area contributed by atoms with Crippen molar-refractivity contribution in [2.24, 2.45) is 0 Å². The van der Waals surface area contributed by atoms with Gasteiger partial charge in [-0.1, -0.05) is 6.42 Å². The number of hydrogen-bond donors (Lipinski definition) is 2. The molecule has 3 rings (SSSR count). The molecule has 0 spiro atoms. The summed E-state index contributed by atoms with van der Waals surface area (Å²) in [4.78, 5) is 19.4. The quantitative estimate of drug-likeness (QED) is 0.888. The molecule has 5 nitrogen and oxygen atoms in total. The standard InChI is InChI=1S/C16H24N4O/c1-2-17-15-12(6-5-9-18-15)16(21)19-13-8-11-20-10-4-3-7-14(13)20/h5-6,9,13-14H,2-4,7-8,10-11H2,1H3,(H,17,18)(H,19,21). The fourth-order valence-corrected chi connectivity index (χ4v) is 3.56. The van der Waals surface area contributed by atoms with Crippen LogP contribution in [0.25, 0.3) is 0 Å². The number of carbonyl (C=O) groups is 1. The summed E-state index contributed by atoms with van der Waals surface area (Å²) in [6, 6.07) is 4.47. The number of anilines is 1. The maximum absolute atomic E-state index is 12.6. The molecule has 2 aliphatic heterocycles. The number of aromatic nitrogens is 1. The Balaban J connectivity index is 1.69. The van der Waals surface area contributed by atoms with Gasteiger partial charge in [-0.15, -0.1) is 0 Å². The highest BCUT2D eigenvalue weighted by atomic mass is 16.1. The Bertz CT molecular complexity index is 505. The Morgan fingerprint density at radius 3 is 3.14 bits per heavy atom. The molecule has 0 bridgehead atoms. The maximum Gasteiger partial charge on any atom is 0.255 e. The van der Waals surface area contributed by atoms with Crippen LogP contribution in [-0.2, 0) is 0 Å². The summed E-state index contributed by atoms with van der Waals surface area (Å²) >= 11 is 0. The first-order valence-electron chi connectivity index (χ1n) is 8.03. The van der Waals surface area contributed by atoms with Crippen LogP contribution >= 0.6 is 0 Å². The van der Waals surface area contributed by atoms with Crippen molar-refractivity contribution in [3.63, 3.8) is 0 Å². The van der Waals surface area contributed by atoms with E-state index in [2.05, 4.69) is 20.5 Å². The van der Waals surface area contributed by atoms with Gasteiger partial charge in [0, 0.05) is 31.4 Å². The van der Waals surface area contributed by atoms with Crippen molar-refractivity contribution in [2.75, 3.05) is 25.0 Å². The van der Waals surface area contributed by atoms with Crippen molar-refractivity contribution in [1.29, 1.82) is 0 Å². The van der Waals surface area contributed by atoms with Gasteiger partial charge >= 0.3 is 0 Å². The van der Waals surface area contributed by atoms with E-state index in [0.717, 1.165) is 19.5 Å². The molecule has 0 saturated carbocycles. The van der Waals surface area contributed by atoms with Crippen LogP contribution in [0.15, 0.2) is 18.3 Å². The molecule has 2 saturated heterocycles. The molecule has 0 aliphatic carbocycles. The average Bonchev–Trinajstić information content (AvgIpc) is 2.91. The predicted octanol–water partition coefficient (Wildman–Crippen LogP) is 1.87. The van der Waals surface area contributed by atoms with Crippen LogP contribution in [0.2, 0.25) is 0 Å². The van der Waals surface area contributed by atoms with E-state index >= 15 is 0 Å². The lowest BCUT2D eigenvalue weighted by Crippen LogP contribution is -2.46. The van der Waals surface area contributed by atoms with E-state index in [1.807, 2.05) is 19.1 Å². The Hall–Kier alpha value is -1.62. The van der Waals surface area contributed by atoms with Gasteiger partial charge in [-0.3, -0.25) is 9.69 Å². The smallest absolute Gasteiger partial charge is 0.255 e. The Morgan fingerprint density at radius 2 is 2.29 bits per heavy atom. The molecular weight excluding hydrogens is 264 g/mol. The van der Waals surface area contributed by atoms with Gasteiger partial charge < -0.3 is 10.6 Å². The van der Waals surface area contributed by atoms with Crippen molar-refractivity contribution in [1.82, 2.24) is 15.2 Å². The van der Waals surface area contributed by atoms with Crippen molar-refractivity contribution in [3.8, 4) is 0 Å². The summed E-state index contributed by atoms with van der Waals surface area (Å²) in [7, 11) is 0. The first-order valence-corrected chi connectivity index (χ1v) is 8.03. The number of nitrogens with one attached hydrogen (secondary N) is 2. The van der Waals surface area contributed by atoms with E-state index < -0.39 is 0 Å². The topological polar surface area (TPSA) is 57.3 Å². The van der Waals surface area contributed by atoms with E-state index in [4.69, 9.17) is 0 Å². The van der Waals surface area contributed by atoms with Crippen LogP contribution in [0.3, 0.4) is 0 Å². The second-order valence-corrected chi connectivity index (χ2v) is 5.90. The van der Waals surface area contributed by atoms with E-state index in [0.29, 0.717) is 17.4 Å². The Kier molecular flexibility index (Phi) is 4.39. The third-order valence-corrected chi connectivity index (χ3v) is 4.57. The summed E-state index contributed by atoms with van der Waals surface area (Å²) in [5.74, 6) is 0.674. The average molecular weight is 288 g/mol. The van der Waals surface area contributed by atoms with Gasteiger partial charge in [0.25, 0.3) is 5.91 Å². The van der Waals surface area contributed by atoms with Crippen LogP contribution in [0.4, 0.5) is 5.82 Å². The normalized spacial score (nSPS) is 25.4. The number of amides is 1. The van der Waals surface area contributed by atoms with Crippen molar-refractivity contribution >= 4 is 11.7 Å². The molecule has 2 unspecified atom stereocenters. The lowest BCUT2D eigenvalue weighted by molar-refractivity contribution is 0.0916. The van der Waals surface area contributed by atoms with Crippen LogP contribution in [0.1, 0.15) is 43.0 Å². The second-order valence-electron chi connectivity index (χ2n) is 5.90. The number of piperidine rings is 1. The van der Waals surface area contributed by atoms with Crippen LogP contribution in [0, 0.1) is 0 Å². The molecule has 0 aromatic carbocycles. The number of fused-ring (bicyclic) bond motifs is 1. The van der Waals surface area contributed by atoms with Crippen LogP contribution < -0.4 is 10.6 Å². The second kappa shape index (κ2) is 6.43. The van der Waals surface area contributed by atoms with Crippen LogP contribution in [0.5, 0.6) is 0 Å². The largest absolute Gasteiger partial charge is 0.370 e. The lowest BCUT2D eigenvalue weighted by Gasteiger charge is -2.32. The molecule has 21 heavy (non-hydrogen) atoms. The van der Waals surface area contributed by atoms with Crippen molar-refractivity contribution in [2.45, 2.75) is 44.7 Å². The fourth-order valence-electron chi connectivity index (χ4n) is 3.56. The first kappa shape index (κ1) is 14.3. The summed E-state index contributed by atoms with van der Waals surface area (Å²) in [5, 5.41) is 6.39. The number of nitrogens with zero attached hydrogens (tertiary/aromatic N) is 2. The number of pyridine rings is 1. The molecule has 1 aromatic rings. The highest BCUT2D eigenvalue weighted by Crippen LogP contribution is 2.27. The van der Waals surface area contributed by atoms with Crippen molar-refractivity contribution < 1.29 is 4.79 Å². The minimum absolute atomic E-state index is 0.00327. The molecule has 2 aliphatic rings. The summed E-state index contributed by atoms with van der Waals surface area (Å²) < 4.78 is 0. The van der Waals surface area contributed by atoms with Crippen LogP contribution in [-0.4, -0.2) is 47.5 Å². The van der Waals surface area contributed by atoms with Gasteiger partial charge in [-0.25, -0.2) is 4.98 Å². The molecule has 5 heteroatoms. The molecule has 0 radical (unpaired) electrons. The monoisotopic (exact) mass is 288 g/mol. The summed E-state index contributed by atoms with van der Waals surface area (Å²) in [6.45, 7) is 5.07. The predicted molar refractivity (Wildman–Crippen MR) is 83.5 cm³/mol. The SMILES string of the molecule is CCNc1ncccc1C(=O)NC1CCN2CCCCC12. The molecule has 2 atom stereocenters. The van der Waals surface area contributed by atoms with Crippen molar-refractivity contribution in [3.05, 3.63) is 23.9 Å². The molecule has 1 amide bonds. The minimum Gasteiger partial charge on any atom is -0.370 e. The molecule has 1 aromatic heterocycles. The van der Waals surface area contributed by atoms with Gasteiger partial charge in [0.15, 0.2) is 0 Å². The number of carbonyl (C=O) groups excluding carboxylic acids is 1. The first-order chi connectivity index (χ1) is 10.3. The zero-order valence-electron chi connectivity index (χ0n) is 12.6. The summed E-state index contributed by atoms with van der Waals surface area (Å²) in [6.07, 6.45) is 6.56. The number of rotatable bonds is 4. The Labute approximate surface area is 126 Å². The molecular formula is C16H24N4O. The highest BCUT2D eigenvalue weighted by molar-refractivity contribution is 5.98. The lowest BCUT2D eigenvalue weighted by atomic mass is 9.99. The van der Waals surface area contributed by atoms with E-state index in [-0.39, 0.29) is 11.9 Å². The van der Waals surface area contributed by atoms with Gasteiger partial charge in [0.05, 0.1) is 5.56 Å². The third-order valence-electron chi connectivity index (χ3n) is 4.57. The summed E-state index contributed by atoms with van der Waals surface area (Å²) in [5.41, 5.74) is 0.647. The highest BCUT2D eigenvalue weighted by Gasteiger charge is 2.36. The van der Waals surface area contributed by atoms with Gasteiger partial charge in [-0.2, -0.15) is 0 Å². The van der Waals surface area contributed by atoms with E-state index in [1.165, 1.54) is 25.8 Å². The van der Waals surface area contributed by atoms with E-state index in [1.54, 1.807) is 6.20 Å². The van der Waals surface area contributed by atoms with E-state index in [9.17, 15) is 4.79 Å². The third kappa shape index (κ3) is 3.02. The minimum atomic E-state index is -0.00327. The maximum atomic E-state index is 12.6. The zero-order valence-corrected chi connectivity index (χ0v) is 12.6. The fraction of sp³-hybridized carbons (Fsp3) is 0.625. The molecule has 114 valence electrons. The molecule has 3 heterocycles. The van der Waals surface area contributed by atoms with Gasteiger partial charge in [-0.05, 0) is 44.9 Å². The molecule has 2 N–H and O–H groups in total. The van der Waals surface area contributed by atoms with Gasteiger partial charge in [0.2, 0.25) is 0 Å². The zero-order chi connectivity index (χ0) is 14.7. The Morgan fingerprint density at radius 1 is 1.38 bits per heavy atom. The van der Waals surface area contributed by atoms with Gasteiger partial charge in [0.1, 0.15) is 5.82 Å².